The van der Waals surface area contributed by atoms with Gasteiger partial charge in [0.2, 0.25) is 0 Å². The number of carboxylic acid groups (broad SMARTS) is 1. The fourth-order valence-electron chi connectivity index (χ4n) is 1.13. The van der Waals surface area contributed by atoms with Crippen LogP contribution in [0.15, 0.2) is 0 Å². The summed E-state index contributed by atoms with van der Waals surface area (Å²) < 4.78 is 0. The van der Waals surface area contributed by atoms with Crippen molar-refractivity contribution in [2.45, 2.75) is 51.5 Å². The van der Waals surface area contributed by atoms with Crippen LogP contribution in [0.4, 0.5) is 0 Å². The first-order chi connectivity index (χ1) is 5.56. The zero-order valence-electron chi connectivity index (χ0n) is 8.38. The molecule has 0 aromatic rings. The average Bonchev–Trinajstić information content (AvgIpc) is 2.04. The van der Waals surface area contributed by atoms with Crippen molar-refractivity contribution in [1.82, 2.24) is 0 Å². The molecule has 3 nitrogen and oxygen atoms in total. The molecule has 0 amide bonds. The van der Waals surface area contributed by atoms with Crippen molar-refractivity contribution < 1.29 is 9.90 Å². The van der Waals surface area contributed by atoms with Gasteiger partial charge in [0, 0.05) is 0 Å². The lowest BCUT2D eigenvalue weighted by molar-refractivity contribution is -0.143. The van der Waals surface area contributed by atoms with Gasteiger partial charge in [-0.25, -0.2) is 0 Å². The zero-order valence-corrected chi connectivity index (χ0v) is 9.19. The Labute approximate surface area is 86.1 Å². The minimum atomic E-state index is -0.991. The first-order valence-electron chi connectivity index (χ1n) is 4.59. The van der Waals surface area contributed by atoms with Crippen LogP contribution in [0.25, 0.3) is 0 Å². The molecule has 4 heteroatoms. The Hall–Kier alpha value is -0.280. The number of hydrogen-bond acceptors (Lipinski definition) is 2. The fraction of sp³-hybridized carbons (Fsp3) is 0.889. The topological polar surface area (TPSA) is 63.3 Å². The van der Waals surface area contributed by atoms with E-state index in [9.17, 15) is 4.79 Å². The van der Waals surface area contributed by atoms with Crippen molar-refractivity contribution in [3.8, 4) is 0 Å². The summed E-state index contributed by atoms with van der Waals surface area (Å²) in [4.78, 5) is 10.7. The second-order valence-electron chi connectivity index (χ2n) is 3.27. The molecule has 0 aromatic carbocycles. The van der Waals surface area contributed by atoms with E-state index in [0.717, 1.165) is 19.3 Å². The highest BCUT2D eigenvalue weighted by Crippen LogP contribution is 2.16. The molecule has 1 atom stereocenters. The number of unbranched alkanes of at least 4 members (excludes halogenated alkanes) is 2. The van der Waals surface area contributed by atoms with Gasteiger partial charge in [0.1, 0.15) is 5.54 Å². The van der Waals surface area contributed by atoms with Crippen LogP contribution in [-0.2, 0) is 4.79 Å². The number of rotatable bonds is 6. The average molecular weight is 210 g/mol. The Kier molecular flexibility index (Phi) is 8.37. The molecule has 0 bridgehead atoms. The molecular weight excluding hydrogens is 190 g/mol. The number of carbonyl (C=O) groups is 1. The van der Waals surface area contributed by atoms with Crippen LogP contribution in [-0.4, -0.2) is 16.6 Å². The van der Waals surface area contributed by atoms with Gasteiger partial charge in [-0.2, -0.15) is 0 Å². The third-order valence-electron chi connectivity index (χ3n) is 2.28. The lowest BCUT2D eigenvalue weighted by Crippen LogP contribution is -2.47. The highest BCUT2D eigenvalue weighted by atomic mass is 35.5. The summed E-state index contributed by atoms with van der Waals surface area (Å²) in [5.74, 6) is -0.874. The van der Waals surface area contributed by atoms with Gasteiger partial charge >= 0.3 is 5.97 Å². The molecule has 0 fully saturated rings. The number of aliphatic carboxylic acids is 1. The maximum Gasteiger partial charge on any atom is 0.323 e. The molecule has 80 valence electrons. The number of nitrogens with two attached hydrogens (primary N) is 1. The Bertz CT molecular complexity index is 153. The minimum absolute atomic E-state index is 0. The minimum Gasteiger partial charge on any atom is -0.480 e. The summed E-state index contributed by atoms with van der Waals surface area (Å²) in [6.45, 7) is 3.91. The molecule has 1 unspecified atom stereocenters. The van der Waals surface area contributed by atoms with Crippen molar-refractivity contribution in [3.63, 3.8) is 0 Å². The summed E-state index contributed by atoms with van der Waals surface area (Å²) in [5.41, 5.74) is 4.69. The molecule has 0 aromatic heterocycles. The first-order valence-corrected chi connectivity index (χ1v) is 4.59. The number of carboxylic acids is 1. The van der Waals surface area contributed by atoms with Gasteiger partial charge in [0.15, 0.2) is 0 Å². The second kappa shape index (κ2) is 7.15. The van der Waals surface area contributed by atoms with Crippen molar-refractivity contribution in [1.29, 1.82) is 0 Å². The first kappa shape index (κ1) is 15.2. The van der Waals surface area contributed by atoms with Gasteiger partial charge in [0.05, 0.1) is 0 Å². The van der Waals surface area contributed by atoms with Crippen LogP contribution >= 0.6 is 12.4 Å². The van der Waals surface area contributed by atoms with E-state index in [1.54, 1.807) is 0 Å². The quantitative estimate of drug-likeness (QED) is 0.660. The van der Waals surface area contributed by atoms with Gasteiger partial charge < -0.3 is 10.8 Å². The molecule has 3 N–H and O–H groups in total. The van der Waals surface area contributed by atoms with E-state index in [4.69, 9.17) is 10.8 Å². The third kappa shape index (κ3) is 5.11. The Morgan fingerprint density at radius 2 is 1.92 bits per heavy atom. The predicted molar refractivity (Wildman–Crippen MR) is 56.2 cm³/mol. The molecule has 0 spiro atoms. The van der Waals surface area contributed by atoms with Gasteiger partial charge in [0.25, 0.3) is 0 Å². The smallest absolute Gasteiger partial charge is 0.323 e. The highest BCUT2D eigenvalue weighted by Gasteiger charge is 2.30. The van der Waals surface area contributed by atoms with Gasteiger partial charge in [-0.3, -0.25) is 4.79 Å². The van der Waals surface area contributed by atoms with Crippen LogP contribution in [0, 0.1) is 0 Å². The molecule has 0 aliphatic heterocycles. The van der Waals surface area contributed by atoms with E-state index < -0.39 is 11.5 Å². The fourth-order valence-corrected chi connectivity index (χ4v) is 1.13. The van der Waals surface area contributed by atoms with Crippen molar-refractivity contribution >= 4 is 18.4 Å². The van der Waals surface area contributed by atoms with Crippen molar-refractivity contribution in [2.24, 2.45) is 5.73 Å². The molecule has 0 radical (unpaired) electrons. The van der Waals surface area contributed by atoms with E-state index in [1.165, 1.54) is 0 Å². The standard InChI is InChI=1S/C9H19NO2.ClH/c1-3-5-6-7-9(10,4-2)8(11)12;/h3-7,10H2,1-2H3,(H,11,12);1H. The summed E-state index contributed by atoms with van der Waals surface area (Å²) in [7, 11) is 0. The van der Waals surface area contributed by atoms with Crippen LogP contribution in [0.2, 0.25) is 0 Å². The van der Waals surface area contributed by atoms with E-state index in [1.807, 2.05) is 6.92 Å². The Balaban J connectivity index is 0. The largest absolute Gasteiger partial charge is 0.480 e. The molecule has 0 saturated carbocycles. The molecule has 0 aliphatic rings. The van der Waals surface area contributed by atoms with E-state index in [-0.39, 0.29) is 12.4 Å². The third-order valence-corrected chi connectivity index (χ3v) is 2.28. The van der Waals surface area contributed by atoms with E-state index in [0.29, 0.717) is 12.8 Å². The molecule has 0 rings (SSSR count). The maximum absolute atomic E-state index is 10.7. The van der Waals surface area contributed by atoms with Crippen molar-refractivity contribution in [3.05, 3.63) is 0 Å². The molecule has 0 aliphatic carbocycles. The summed E-state index contributed by atoms with van der Waals surface area (Å²) >= 11 is 0. The lowest BCUT2D eigenvalue weighted by Gasteiger charge is -2.22. The molecular formula is C9H20ClNO2. The van der Waals surface area contributed by atoms with Crippen LogP contribution in [0.5, 0.6) is 0 Å². The van der Waals surface area contributed by atoms with Crippen molar-refractivity contribution in [2.75, 3.05) is 0 Å². The van der Waals surface area contributed by atoms with Gasteiger partial charge in [-0.15, -0.1) is 12.4 Å². The second-order valence-corrected chi connectivity index (χ2v) is 3.27. The SMILES string of the molecule is CCCCCC(N)(CC)C(=O)O.Cl. The predicted octanol–water partition coefficient (Wildman–Crippen LogP) is 2.18. The highest BCUT2D eigenvalue weighted by molar-refractivity contribution is 5.85. The normalized spacial score (nSPS) is 14.4. The molecule has 13 heavy (non-hydrogen) atoms. The van der Waals surface area contributed by atoms with Crippen LogP contribution in [0.1, 0.15) is 46.0 Å². The Morgan fingerprint density at radius 1 is 1.38 bits per heavy atom. The van der Waals surface area contributed by atoms with Crippen LogP contribution in [0.3, 0.4) is 0 Å². The van der Waals surface area contributed by atoms with Crippen LogP contribution < -0.4 is 5.73 Å². The monoisotopic (exact) mass is 209 g/mol. The lowest BCUT2D eigenvalue weighted by atomic mass is 9.91. The summed E-state index contributed by atoms with van der Waals surface area (Å²) in [6, 6.07) is 0. The van der Waals surface area contributed by atoms with E-state index in [2.05, 4.69) is 6.92 Å². The Morgan fingerprint density at radius 3 is 2.23 bits per heavy atom. The van der Waals surface area contributed by atoms with Gasteiger partial charge in [-0.1, -0.05) is 33.1 Å². The molecule has 0 heterocycles. The number of hydrogen-bond donors (Lipinski definition) is 2. The molecule has 0 saturated heterocycles. The van der Waals surface area contributed by atoms with E-state index >= 15 is 0 Å². The zero-order chi connectivity index (χ0) is 9.61. The van der Waals surface area contributed by atoms with Gasteiger partial charge in [-0.05, 0) is 12.8 Å². The maximum atomic E-state index is 10.7. The summed E-state index contributed by atoms with van der Waals surface area (Å²) in [5, 5.41) is 8.81. The number of halogens is 1. The summed E-state index contributed by atoms with van der Waals surface area (Å²) in [6.07, 6.45) is 4.16.